The molecule has 0 amide bonds. The van der Waals surface area contributed by atoms with Gasteiger partial charge in [0, 0.05) is 18.9 Å². The molecule has 0 saturated heterocycles. The number of nitrogens with zero attached hydrogens (tertiary/aromatic N) is 2. The van der Waals surface area contributed by atoms with Crippen LogP contribution in [0.15, 0.2) is 42.0 Å². The normalized spacial score (nSPS) is 13.0. The van der Waals surface area contributed by atoms with Crippen molar-refractivity contribution in [3.05, 3.63) is 47.7 Å². The van der Waals surface area contributed by atoms with E-state index in [2.05, 4.69) is 15.6 Å². The molecule has 5 nitrogen and oxygen atoms in total. The van der Waals surface area contributed by atoms with Gasteiger partial charge in [-0.1, -0.05) is 6.07 Å². The Morgan fingerprint density at radius 3 is 2.83 bits per heavy atom. The summed E-state index contributed by atoms with van der Waals surface area (Å²) in [6.45, 7) is 0.879. The summed E-state index contributed by atoms with van der Waals surface area (Å²) in [6, 6.07) is 7.83. The molecule has 0 aromatic carbocycles. The van der Waals surface area contributed by atoms with Crippen LogP contribution in [-0.4, -0.2) is 20.8 Å². The van der Waals surface area contributed by atoms with Crippen LogP contribution >= 0.6 is 11.3 Å². The molecule has 116 valence electrons. The number of aromatic nitrogens is 2. The third-order valence-corrected chi connectivity index (χ3v) is 4.91. The van der Waals surface area contributed by atoms with E-state index in [-0.39, 0.29) is 0 Å². The predicted octanol–water partition coefficient (Wildman–Crippen LogP) is 4.28. The third-order valence-electron chi connectivity index (χ3n) is 4.03. The van der Waals surface area contributed by atoms with Crippen LogP contribution in [0.4, 0.5) is 4.79 Å². The van der Waals surface area contributed by atoms with Crippen molar-refractivity contribution in [2.24, 2.45) is 0 Å². The second kappa shape index (κ2) is 5.55. The van der Waals surface area contributed by atoms with E-state index in [0.717, 1.165) is 46.8 Å². The molecule has 0 fully saturated rings. The molecule has 1 aliphatic rings. The molecule has 3 aromatic heterocycles. The number of rotatable bonds is 3. The second-order valence-corrected chi connectivity index (χ2v) is 6.28. The highest BCUT2D eigenvalue weighted by Crippen LogP contribution is 2.47. The summed E-state index contributed by atoms with van der Waals surface area (Å²) in [5.41, 5.74) is 3.76. The number of fused-ring (bicyclic) bond motifs is 1. The van der Waals surface area contributed by atoms with Crippen molar-refractivity contribution in [1.29, 1.82) is 0 Å². The molecule has 0 spiro atoms. The highest BCUT2D eigenvalue weighted by atomic mass is 32.1. The Morgan fingerprint density at radius 1 is 1.30 bits per heavy atom. The van der Waals surface area contributed by atoms with Crippen LogP contribution in [0, 0.1) is 0 Å². The number of carboxylic acid groups (broad SMARTS) is 1. The number of thiophene rings is 1. The van der Waals surface area contributed by atoms with E-state index in [1.165, 1.54) is 0 Å². The highest BCUT2D eigenvalue weighted by molar-refractivity contribution is 7.13. The molecule has 4 heterocycles. The molecule has 0 saturated carbocycles. The van der Waals surface area contributed by atoms with Crippen molar-refractivity contribution < 1.29 is 14.6 Å². The maximum absolute atomic E-state index is 11.2. The van der Waals surface area contributed by atoms with Gasteiger partial charge in [0.15, 0.2) is 5.75 Å². The Labute approximate surface area is 136 Å². The van der Waals surface area contributed by atoms with Crippen LogP contribution in [0.3, 0.4) is 0 Å². The van der Waals surface area contributed by atoms with Crippen molar-refractivity contribution in [1.82, 2.24) is 9.55 Å². The van der Waals surface area contributed by atoms with Crippen LogP contribution in [-0.2, 0) is 13.0 Å². The number of carbonyl (C=O) groups is 1. The minimum atomic E-state index is -1.28. The van der Waals surface area contributed by atoms with E-state index in [9.17, 15) is 4.79 Å². The van der Waals surface area contributed by atoms with Gasteiger partial charge >= 0.3 is 6.16 Å². The fourth-order valence-electron chi connectivity index (χ4n) is 3.20. The Bertz CT molecular complexity index is 854. The molecule has 1 aliphatic heterocycles. The van der Waals surface area contributed by atoms with Gasteiger partial charge < -0.3 is 14.4 Å². The van der Waals surface area contributed by atoms with Gasteiger partial charge in [0.2, 0.25) is 0 Å². The fraction of sp³-hybridized carbons (Fsp3) is 0.176. The van der Waals surface area contributed by atoms with Crippen LogP contribution in [0.5, 0.6) is 5.75 Å². The summed E-state index contributed by atoms with van der Waals surface area (Å²) in [4.78, 5) is 16.4. The number of hydrogen-bond donors (Lipinski definition) is 1. The van der Waals surface area contributed by atoms with E-state index in [1.54, 1.807) is 23.7 Å². The minimum Gasteiger partial charge on any atom is -0.449 e. The Kier molecular flexibility index (Phi) is 3.38. The molecular formula is C17H14N2O3S. The van der Waals surface area contributed by atoms with E-state index in [0.29, 0.717) is 5.75 Å². The molecule has 1 N–H and O–H groups in total. The molecule has 23 heavy (non-hydrogen) atoms. The fourth-order valence-corrected chi connectivity index (χ4v) is 3.98. The lowest BCUT2D eigenvalue weighted by Crippen LogP contribution is -2.05. The van der Waals surface area contributed by atoms with E-state index in [1.807, 2.05) is 23.6 Å². The average Bonchev–Trinajstić information content (AvgIpc) is 3.25. The van der Waals surface area contributed by atoms with Gasteiger partial charge in [-0.3, -0.25) is 4.98 Å². The predicted molar refractivity (Wildman–Crippen MR) is 87.9 cm³/mol. The van der Waals surface area contributed by atoms with E-state index in [4.69, 9.17) is 9.84 Å². The first-order valence-electron chi connectivity index (χ1n) is 7.36. The molecular weight excluding hydrogens is 312 g/mol. The molecule has 0 atom stereocenters. The summed E-state index contributed by atoms with van der Waals surface area (Å²) in [6.07, 6.45) is 3.96. The van der Waals surface area contributed by atoms with Crippen molar-refractivity contribution in [2.45, 2.75) is 19.4 Å². The lowest BCUT2D eigenvalue weighted by molar-refractivity contribution is 0.144. The minimum absolute atomic E-state index is 0.463. The molecule has 6 heteroatoms. The van der Waals surface area contributed by atoms with E-state index >= 15 is 0 Å². The van der Waals surface area contributed by atoms with Crippen molar-refractivity contribution in [3.63, 3.8) is 0 Å². The lowest BCUT2D eigenvalue weighted by Gasteiger charge is -2.08. The SMILES string of the molecule is O=C(O)Oc1c(-c2ccncc2)c(-c2cccs2)n2c1CCC2. The molecule has 0 unspecified atom stereocenters. The Morgan fingerprint density at radius 2 is 2.13 bits per heavy atom. The summed E-state index contributed by atoms with van der Waals surface area (Å²) < 4.78 is 7.40. The molecule has 4 rings (SSSR count). The first-order valence-corrected chi connectivity index (χ1v) is 8.24. The number of hydrogen-bond acceptors (Lipinski definition) is 4. The highest BCUT2D eigenvalue weighted by Gasteiger charge is 2.30. The number of ether oxygens (including phenoxy) is 1. The Hall–Kier alpha value is -2.60. The van der Waals surface area contributed by atoms with Gasteiger partial charge in [0.25, 0.3) is 0 Å². The molecule has 0 bridgehead atoms. The topological polar surface area (TPSA) is 64.3 Å². The quantitative estimate of drug-likeness (QED) is 0.730. The molecule has 0 radical (unpaired) electrons. The van der Waals surface area contributed by atoms with Gasteiger partial charge in [-0.25, -0.2) is 4.79 Å². The summed E-state index contributed by atoms with van der Waals surface area (Å²) in [7, 11) is 0. The van der Waals surface area contributed by atoms with Gasteiger partial charge in [0.05, 0.1) is 21.8 Å². The third kappa shape index (κ3) is 2.31. The zero-order chi connectivity index (χ0) is 15.8. The maximum Gasteiger partial charge on any atom is 0.511 e. The van der Waals surface area contributed by atoms with Crippen LogP contribution in [0.1, 0.15) is 12.1 Å². The standard InChI is InChI=1S/C17H14N2O3S/c20-17(21)22-16-12-3-1-9-19(12)15(13-4-2-10-23-13)14(16)11-5-7-18-8-6-11/h2,4-8,10H,1,3,9H2,(H,20,21). The largest absolute Gasteiger partial charge is 0.511 e. The number of pyridine rings is 1. The summed E-state index contributed by atoms with van der Waals surface area (Å²) in [5, 5.41) is 11.2. The average molecular weight is 326 g/mol. The summed E-state index contributed by atoms with van der Waals surface area (Å²) >= 11 is 1.64. The van der Waals surface area contributed by atoms with Gasteiger partial charge in [-0.15, -0.1) is 11.3 Å². The zero-order valence-corrected chi connectivity index (χ0v) is 13.0. The van der Waals surface area contributed by atoms with Crippen LogP contribution < -0.4 is 4.74 Å². The van der Waals surface area contributed by atoms with Gasteiger partial charge in [-0.05, 0) is 42.0 Å². The van der Waals surface area contributed by atoms with Crippen molar-refractivity contribution in [3.8, 4) is 27.4 Å². The smallest absolute Gasteiger partial charge is 0.449 e. The van der Waals surface area contributed by atoms with Crippen molar-refractivity contribution in [2.75, 3.05) is 0 Å². The van der Waals surface area contributed by atoms with Gasteiger partial charge in [0.1, 0.15) is 0 Å². The maximum atomic E-state index is 11.2. The monoisotopic (exact) mass is 326 g/mol. The lowest BCUT2D eigenvalue weighted by atomic mass is 10.0. The molecule has 3 aromatic rings. The Balaban J connectivity index is 2.03. The molecule has 0 aliphatic carbocycles. The summed E-state index contributed by atoms with van der Waals surface area (Å²) in [5.74, 6) is 0.463. The van der Waals surface area contributed by atoms with Gasteiger partial charge in [-0.2, -0.15) is 0 Å². The first-order chi connectivity index (χ1) is 11.3. The van der Waals surface area contributed by atoms with E-state index < -0.39 is 6.16 Å². The van der Waals surface area contributed by atoms with Crippen LogP contribution in [0.2, 0.25) is 0 Å². The first kappa shape index (κ1) is 14.0. The zero-order valence-electron chi connectivity index (χ0n) is 12.2. The van der Waals surface area contributed by atoms with Crippen LogP contribution in [0.25, 0.3) is 21.7 Å². The second-order valence-electron chi connectivity index (χ2n) is 5.34. The van der Waals surface area contributed by atoms with Crippen molar-refractivity contribution >= 4 is 17.5 Å².